The van der Waals surface area contributed by atoms with Crippen LogP contribution in [0.4, 0.5) is 0 Å². The summed E-state index contributed by atoms with van der Waals surface area (Å²) in [5.41, 5.74) is 3.05. The number of rotatable bonds is 7. The highest BCUT2D eigenvalue weighted by Gasteiger charge is 2.16. The van der Waals surface area contributed by atoms with E-state index in [9.17, 15) is 9.90 Å². The van der Waals surface area contributed by atoms with E-state index in [4.69, 9.17) is 18.9 Å². The van der Waals surface area contributed by atoms with Crippen LogP contribution in [0.1, 0.15) is 15.9 Å². The summed E-state index contributed by atoms with van der Waals surface area (Å²) in [5.74, 6) is 1.17. The molecule has 0 bridgehead atoms. The van der Waals surface area contributed by atoms with Gasteiger partial charge >= 0.3 is 0 Å². The minimum atomic E-state index is -0.483. The van der Waals surface area contributed by atoms with E-state index >= 15 is 0 Å². The number of carbonyl (C=O) groups excluding carboxylic acids is 1. The van der Waals surface area contributed by atoms with Gasteiger partial charge in [0.2, 0.25) is 5.75 Å². The van der Waals surface area contributed by atoms with Crippen LogP contribution in [0.3, 0.4) is 0 Å². The fourth-order valence-corrected chi connectivity index (χ4v) is 2.20. The van der Waals surface area contributed by atoms with Gasteiger partial charge in [0.1, 0.15) is 11.5 Å². The highest BCUT2D eigenvalue weighted by molar-refractivity contribution is 5.96. The van der Waals surface area contributed by atoms with E-state index in [0.717, 1.165) is 0 Å². The highest BCUT2D eigenvalue weighted by atomic mass is 16.5. The standard InChI is InChI=1S/C18H20N2O6/c1-23-13-5-6-14(21)12(7-13)10-19-20-18(22)11-8-15(24-2)17(26-4)16(9-11)25-3/h5-10,21H,1-4H3,(H,20,22). The molecular weight excluding hydrogens is 340 g/mol. The quantitative estimate of drug-likeness (QED) is 0.580. The Morgan fingerprint density at radius 1 is 1.00 bits per heavy atom. The van der Waals surface area contributed by atoms with Crippen molar-refractivity contribution >= 4 is 12.1 Å². The highest BCUT2D eigenvalue weighted by Crippen LogP contribution is 2.38. The minimum absolute atomic E-state index is 0.0107. The van der Waals surface area contributed by atoms with Crippen LogP contribution in [-0.2, 0) is 0 Å². The molecule has 138 valence electrons. The predicted molar refractivity (Wildman–Crippen MR) is 95.8 cm³/mol. The van der Waals surface area contributed by atoms with Crippen LogP contribution in [0.5, 0.6) is 28.7 Å². The molecule has 0 aliphatic carbocycles. The molecule has 0 radical (unpaired) electrons. The van der Waals surface area contributed by atoms with Crippen LogP contribution in [0.25, 0.3) is 0 Å². The van der Waals surface area contributed by atoms with E-state index in [1.807, 2.05) is 0 Å². The zero-order valence-corrected chi connectivity index (χ0v) is 14.9. The first kappa shape index (κ1) is 18.9. The molecule has 1 amide bonds. The van der Waals surface area contributed by atoms with E-state index < -0.39 is 5.91 Å². The lowest BCUT2D eigenvalue weighted by Gasteiger charge is -2.13. The maximum atomic E-state index is 12.3. The van der Waals surface area contributed by atoms with Crippen LogP contribution in [0.2, 0.25) is 0 Å². The van der Waals surface area contributed by atoms with Gasteiger partial charge in [-0.25, -0.2) is 5.43 Å². The summed E-state index contributed by atoms with van der Waals surface area (Å²) in [6.07, 6.45) is 1.31. The molecule has 0 heterocycles. The summed E-state index contributed by atoms with van der Waals surface area (Å²) in [6, 6.07) is 7.69. The Labute approximate surface area is 151 Å². The van der Waals surface area contributed by atoms with Crippen LogP contribution in [0.15, 0.2) is 35.4 Å². The van der Waals surface area contributed by atoms with E-state index in [2.05, 4.69) is 10.5 Å². The number of hydrogen-bond donors (Lipinski definition) is 2. The summed E-state index contributed by atoms with van der Waals surface area (Å²) in [7, 11) is 5.91. The number of amides is 1. The van der Waals surface area contributed by atoms with Crippen LogP contribution < -0.4 is 24.4 Å². The van der Waals surface area contributed by atoms with Crippen LogP contribution in [-0.4, -0.2) is 45.7 Å². The molecule has 2 aromatic rings. The van der Waals surface area contributed by atoms with E-state index in [0.29, 0.717) is 28.6 Å². The normalized spacial score (nSPS) is 10.5. The fraction of sp³-hybridized carbons (Fsp3) is 0.222. The second-order valence-electron chi connectivity index (χ2n) is 5.04. The number of phenolic OH excluding ortho intramolecular Hbond substituents is 1. The third kappa shape index (κ3) is 4.15. The number of nitrogens with one attached hydrogen (secondary N) is 1. The van der Waals surface area contributed by atoms with Crippen molar-refractivity contribution in [3.8, 4) is 28.7 Å². The Kier molecular flexibility index (Phi) is 6.26. The predicted octanol–water partition coefficient (Wildman–Crippen LogP) is 2.19. The first-order chi connectivity index (χ1) is 12.5. The molecule has 2 N–H and O–H groups in total. The summed E-state index contributed by atoms with van der Waals surface area (Å²) in [4.78, 5) is 12.3. The lowest BCUT2D eigenvalue weighted by molar-refractivity contribution is 0.0954. The van der Waals surface area contributed by atoms with Crippen LogP contribution in [0, 0.1) is 0 Å². The smallest absolute Gasteiger partial charge is 0.271 e. The van der Waals surface area contributed by atoms with Gasteiger partial charge in [0.25, 0.3) is 5.91 Å². The monoisotopic (exact) mass is 360 g/mol. The molecule has 0 atom stereocenters. The van der Waals surface area contributed by atoms with Crippen molar-refractivity contribution in [3.63, 3.8) is 0 Å². The molecule has 0 aromatic heterocycles. The Morgan fingerprint density at radius 2 is 1.65 bits per heavy atom. The average molecular weight is 360 g/mol. The van der Waals surface area contributed by atoms with Gasteiger partial charge in [-0.1, -0.05) is 0 Å². The van der Waals surface area contributed by atoms with Gasteiger partial charge < -0.3 is 24.1 Å². The molecule has 0 fully saturated rings. The first-order valence-electron chi connectivity index (χ1n) is 7.54. The molecule has 0 aliphatic rings. The third-order valence-corrected chi connectivity index (χ3v) is 3.53. The first-order valence-corrected chi connectivity index (χ1v) is 7.54. The van der Waals surface area contributed by atoms with Crippen LogP contribution >= 0.6 is 0 Å². The summed E-state index contributed by atoms with van der Waals surface area (Å²) in [6.45, 7) is 0. The summed E-state index contributed by atoms with van der Waals surface area (Å²) in [5, 5.41) is 13.7. The van der Waals surface area contributed by atoms with Crippen molar-refractivity contribution in [2.75, 3.05) is 28.4 Å². The molecule has 0 unspecified atom stereocenters. The number of hydrazone groups is 1. The van der Waals surface area contributed by atoms with Gasteiger partial charge in [0.15, 0.2) is 11.5 Å². The van der Waals surface area contributed by atoms with Crippen molar-refractivity contribution in [1.82, 2.24) is 5.43 Å². The molecule has 8 heteroatoms. The molecule has 0 saturated heterocycles. The van der Waals surface area contributed by atoms with Gasteiger partial charge in [-0.3, -0.25) is 4.79 Å². The van der Waals surface area contributed by atoms with E-state index in [1.165, 1.54) is 52.9 Å². The molecule has 8 nitrogen and oxygen atoms in total. The lowest BCUT2D eigenvalue weighted by Crippen LogP contribution is -2.18. The van der Waals surface area contributed by atoms with Crippen molar-refractivity contribution in [3.05, 3.63) is 41.5 Å². The molecular formula is C18H20N2O6. The van der Waals surface area contributed by atoms with Gasteiger partial charge in [-0.05, 0) is 30.3 Å². The Balaban J connectivity index is 2.20. The molecule has 26 heavy (non-hydrogen) atoms. The molecule has 0 aliphatic heterocycles. The Morgan fingerprint density at radius 3 is 2.19 bits per heavy atom. The topological polar surface area (TPSA) is 98.6 Å². The molecule has 0 saturated carbocycles. The maximum absolute atomic E-state index is 12.3. The number of aromatic hydroxyl groups is 1. The number of benzene rings is 2. The lowest BCUT2D eigenvalue weighted by atomic mass is 10.1. The second-order valence-corrected chi connectivity index (χ2v) is 5.04. The van der Waals surface area contributed by atoms with Crippen molar-refractivity contribution < 1.29 is 28.8 Å². The number of methoxy groups -OCH3 is 4. The average Bonchev–Trinajstić information content (AvgIpc) is 2.67. The molecule has 2 aromatic carbocycles. The number of hydrogen-bond acceptors (Lipinski definition) is 7. The third-order valence-electron chi connectivity index (χ3n) is 3.53. The molecule has 2 rings (SSSR count). The zero-order valence-electron chi connectivity index (χ0n) is 14.9. The fourth-order valence-electron chi connectivity index (χ4n) is 2.20. The summed E-state index contributed by atoms with van der Waals surface area (Å²) >= 11 is 0. The van der Waals surface area contributed by atoms with E-state index in [-0.39, 0.29) is 11.3 Å². The second kappa shape index (κ2) is 8.61. The van der Waals surface area contributed by atoms with Crippen molar-refractivity contribution in [2.24, 2.45) is 5.10 Å². The number of nitrogens with zero attached hydrogens (tertiary/aromatic N) is 1. The number of carbonyl (C=O) groups is 1. The maximum Gasteiger partial charge on any atom is 0.271 e. The molecule has 0 spiro atoms. The summed E-state index contributed by atoms with van der Waals surface area (Å²) < 4.78 is 20.7. The van der Waals surface area contributed by atoms with Gasteiger partial charge in [0.05, 0.1) is 34.7 Å². The Hall–Kier alpha value is -3.42. The Bertz CT molecular complexity index is 794. The minimum Gasteiger partial charge on any atom is -0.507 e. The van der Waals surface area contributed by atoms with Crippen molar-refractivity contribution in [1.29, 1.82) is 0 Å². The van der Waals surface area contributed by atoms with Gasteiger partial charge in [-0.2, -0.15) is 5.10 Å². The zero-order chi connectivity index (χ0) is 19.1. The largest absolute Gasteiger partial charge is 0.507 e. The van der Waals surface area contributed by atoms with E-state index in [1.54, 1.807) is 12.1 Å². The SMILES string of the molecule is COc1ccc(O)c(C=NNC(=O)c2cc(OC)c(OC)c(OC)c2)c1. The number of phenols is 1. The number of ether oxygens (including phenoxy) is 4. The van der Waals surface area contributed by atoms with Gasteiger partial charge in [0, 0.05) is 11.1 Å². The van der Waals surface area contributed by atoms with Crippen molar-refractivity contribution in [2.45, 2.75) is 0 Å². The van der Waals surface area contributed by atoms with Gasteiger partial charge in [-0.15, -0.1) is 0 Å².